The number of benzene rings is 4. The van der Waals surface area contributed by atoms with Gasteiger partial charge >= 0.3 is 5.97 Å². The molecule has 5 rings (SSSR count). The first-order valence-electron chi connectivity index (χ1n) is 19.9. The van der Waals surface area contributed by atoms with E-state index in [4.69, 9.17) is 47.3 Å². The van der Waals surface area contributed by atoms with Gasteiger partial charge < -0.3 is 34.5 Å². The van der Waals surface area contributed by atoms with Crippen LogP contribution in [0.5, 0.6) is 23.0 Å². The first-order valence-corrected chi connectivity index (χ1v) is 22.7. The van der Waals surface area contributed by atoms with Gasteiger partial charge in [-0.2, -0.15) is 5.26 Å². The molecule has 1 aromatic heterocycles. The van der Waals surface area contributed by atoms with Crippen molar-refractivity contribution < 1.29 is 47.2 Å². The molecule has 0 saturated carbocycles. The van der Waals surface area contributed by atoms with Gasteiger partial charge in [0.1, 0.15) is 54.6 Å². The highest BCUT2D eigenvalue weighted by Gasteiger charge is 2.18. The molecular formula is C47H49Cl2N3O10S. The van der Waals surface area contributed by atoms with E-state index in [0.717, 1.165) is 45.2 Å². The van der Waals surface area contributed by atoms with Gasteiger partial charge in [-0.05, 0) is 90.3 Å². The lowest BCUT2D eigenvalue weighted by molar-refractivity contribution is -0.139. The molecule has 0 fully saturated rings. The Balaban J connectivity index is 1.29. The van der Waals surface area contributed by atoms with Crippen LogP contribution < -0.4 is 24.3 Å². The maximum atomic E-state index is 12.0. The Kier molecular flexibility index (Phi) is 17.3. The Bertz CT molecular complexity index is 2600. The minimum absolute atomic E-state index is 0.120. The fourth-order valence-corrected chi connectivity index (χ4v) is 8.07. The summed E-state index contributed by atoms with van der Waals surface area (Å²) in [7, 11) is -1.90. The normalized spacial score (nSPS) is 11.7. The lowest BCUT2D eigenvalue weighted by Crippen LogP contribution is -2.27. The lowest BCUT2D eigenvalue weighted by Gasteiger charge is -2.19. The van der Waals surface area contributed by atoms with E-state index in [-0.39, 0.29) is 45.8 Å². The second-order valence-electron chi connectivity index (χ2n) is 15.1. The predicted molar refractivity (Wildman–Crippen MR) is 240 cm³/mol. The number of sulfone groups is 1. The summed E-state index contributed by atoms with van der Waals surface area (Å²) in [6, 6.07) is 22.6. The van der Waals surface area contributed by atoms with Crippen molar-refractivity contribution in [1.82, 2.24) is 10.3 Å². The van der Waals surface area contributed by atoms with Gasteiger partial charge in [0.2, 0.25) is 0 Å². The summed E-state index contributed by atoms with van der Waals surface area (Å²) in [6.07, 6.45) is 4.01. The zero-order valence-corrected chi connectivity index (χ0v) is 37.7. The van der Waals surface area contributed by atoms with E-state index < -0.39 is 33.4 Å². The average molecular weight is 919 g/mol. The minimum atomic E-state index is -3.42. The number of pyridine rings is 1. The number of nitrogens with one attached hydrogen (secondary N) is 1. The molecule has 4 aromatic carbocycles. The Morgan fingerprint density at radius 2 is 1.41 bits per heavy atom. The SMILES string of the molecule is COc1cc(OCc2cccc(-c3cccc(COc4cc(OCc5cncc(C#N)c5)c(CCC[C@@H](O)CC(=O)O)cc4Cl)c3C)c2C)c(Cl)cc1CNCC(=O)CS(C)(=O)=O. The summed E-state index contributed by atoms with van der Waals surface area (Å²) in [6.45, 7) is 4.69. The predicted octanol–water partition coefficient (Wildman–Crippen LogP) is 8.15. The van der Waals surface area contributed by atoms with Crippen LogP contribution in [0.1, 0.15) is 63.8 Å². The van der Waals surface area contributed by atoms with Crippen molar-refractivity contribution in [3.8, 4) is 40.2 Å². The molecule has 16 heteroatoms. The molecular weight excluding hydrogens is 870 g/mol. The van der Waals surface area contributed by atoms with Crippen molar-refractivity contribution in [2.24, 2.45) is 0 Å². The highest BCUT2D eigenvalue weighted by atomic mass is 35.5. The molecule has 0 saturated heterocycles. The number of halogens is 2. The van der Waals surface area contributed by atoms with Crippen LogP contribution in [0, 0.1) is 25.2 Å². The third-order valence-electron chi connectivity index (χ3n) is 10.2. The number of carboxylic acids is 1. The van der Waals surface area contributed by atoms with Crippen molar-refractivity contribution in [3.05, 3.63) is 134 Å². The molecule has 0 aliphatic heterocycles. The Labute approximate surface area is 377 Å². The monoisotopic (exact) mass is 917 g/mol. The Morgan fingerprint density at radius 3 is 1.98 bits per heavy atom. The number of hydrogen-bond donors (Lipinski definition) is 3. The number of ketones is 1. The molecule has 0 aliphatic rings. The molecule has 0 bridgehead atoms. The van der Waals surface area contributed by atoms with Gasteiger partial charge in [-0.3, -0.25) is 14.6 Å². The summed E-state index contributed by atoms with van der Waals surface area (Å²) in [5.74, 6) is -0.261. The maximum Gasteiger partial charge on any atom is 0.305 e. The van der Waals surface area contributed by atoms with Crippen LogP contribution in [-0.2, 0) is 52.2 Å². The first-order chi connectivity index (χ1) is 30.0. The highest BCUT2D eigenvalue weighted by Crippen LogP contribution is 2.37. The molecule has 332 valence electrons. The number of ether oxygens (including phenoxy) is 4. The quantitative estimate of drug-likeness (QED) is 0.0569. The minimum Gasteiger partial charge on any atom is -0.496 e. The topological polar surface area (TPSA) is 194 Å². The molecule has 5 aromatic rings. The zero-order chi connectivity index (χ0) is 45.7. The van der Waals surface area contributed by atoms with Crippen molar-refractivity contribution in [3.63, 3.8) is 0 Å². The molecule has 3 N–H and O–H groups in total. The Morgan fingerprint density at radius 1 is 0.825 bits per heavy atom. The van der Waals surface area contributed by atoms with E-state index in [1.165, 1.54) is 13.3 Å². The van der Waals surface area contributed by atoms with Gasteiger partial charge in [0.15, 0.2) is 15.6 Å². The van der Waals surface area contributed by atoms with Crippen molar-refractivity contribution in [1.29, 1.82) is 5.26 Å². The van der Waals surface area contributed by atoms with Crippen LogP contribution in [0.2, 0.25) is 10.0 Å². The van der Waals surface area contributed by atoms with Crippen LogP contribution in [-0.4, -0.2) is 67.1 Å². The molecule has 1 heterocycles. The van der Waals surface area contributed by atoms with Crippen LogP contribution in [0.3, 0.4) is 0 Å². The van der Waals surface area contributed by atoms with E-state index in [1.54, 1.807) is 36.5 Å². The van der Waals surface area contributed by atoms with Gasteiger partial charge in [0, 0.05) is 48.5 Å². The summed E-state index contributed by atoms with van der Waals surface area (Å²) in [5.41, 5.74) is 8.40. The molecule has 0 unspecified atom stereocenters. The number of Topliss-reactive ketones (excluding diaryl/α,β-unsaturated/α-hetero) is 1. The largest absolute Gasteiger partial charge is 0.496 e. The first kappa shape index (κ1) is 48.3. The number of nitrogens with zero attached hydrogens (tertiary/aromatic N) is 2. The van der Waals surface area contributed by atoms with E-state index in [9.17, 15) is 28.4 Å². The van der Waals surface area contributed by atoms with Crippen LogP contribution in [0.15, 0.2) is 79.1 Å². The van der Waals surface area contributed by atoms with E-state index in [2.05, 4.69) is 16.4 Å². The summed E-state index contributed by atoms with van der Waals surface area (Å²) in [4.78, 5) is 27.2. The number of methoxy groups -OCH3 is 1. The number of hydrogen-bond acceptors (Lipinski definition) is 12. The number of carboxylic acid groups (broad SMARTS) is 1. The summed E-state index contributed by atoms with van der Waals surface area (Å²) < 4.78 is 47.2. The average Bonchev–Trinajstić information content (AvgIpc) is 3.22. The van der Waals surface area contributed by atoms with Crippen molar-refractivity contribution >= 4 is 44.8 Å². The zero-order valence-electron chi connectivity index (χ0n) is 35.4. The standard InChI is InChI=1S/C47H49Cl2N3O10S/c1-29-34(26-61-45-18-43(59-3)36(16-42(45)49)23-52-24-38(54)28-63(4,57)58)9-6-12-39(29)40-13-7-10-35(30(40)2)27-62-46-19-44(60-25-32-14-31(20-50)21-51-22-32)33(15-41(46)48)8-5-11-37(53)17-47(55)56/h6-7,9-10,12-16,18-19,21-22,37,52-53H,5,8,11,17,23-28H2,1-4H3,(H,55,56)/t37-/m1/s1. The van der Waals surface area contributed by atoms with E-state index >= 15 is 0 Å². The third kappa shape index (κ3) is 14.2. The molecule has 0 spiro atoms. The fraction of sp³-hybridized carbons (Fsp3) is 0.319. The van der Waals surface area contributed by atoms with Gasteiger partial charge in [-0.15, -0.1) is 0 Å². The van der Waals surface area contributed by atoms with Crippen LogP contribution in [0.4, 0.5) is 0 Å². The number of aryl methyl sites for hydroxylation is 1. The molecule has 13 nitrogen and oxygen atoms in total. The fourth-order valence-electron chi connectivity index (χ4n) is 6.91. The van der Waals surface area contributed by atoms with E-state index in [0.29, 0.717) is 62.6 Å². The van der Waals surface area contributed by atoms with Crippen molar-refractivity contribution in [2.45, 2.75) is 72.0 Å². The van der Waals surface area contributed by atoms with Gasteiger partial charge in [0.05, 0.1) is 41.8 Å². The molecule has 0 aliphatic carbocycles. The number of aromatic nitrogens is 1. The smallest absolute Gasteiger partial charge is 0.305 e. The van der Waals surface area contributed by atoms with E-state index in [1.807, 2.05) is 50.2 Å². The van der Waals surface area contributed by atoms with Crippen LogP contribution in [0.25, 0.3) is 11.1 Å². The number of aliphatic carboxylic acids is 1. The Hall–Kier alpha value is -5.69. The number of aliphatic hydroxyl groups excluding tert-OH is 1. The summed E-state index contributed by atoms with van der Waals surface area (Å²) in [5, 5.41) is 32.1. The molecule has 1 atom stereocenters. The van der Waals surface area contributed by atoms with Gasteiger partial charge in [-0.25, -0.2) is 8.42 Å². The number of carbonyl (C=O) groups excluding carboxylic acids is 1. The second-order valence-corrected chi connectivity index (χ2v) is 18.0. The van der Waals surface area contributed by atoms with Gasteiger partial charge in [0.25, 0.3) is 0 Å². The number of carbonyl (C=O) groups is 2. The van der Waals surface area contributed by atoms with Gasteiger partial charge in [-0.1, -0.05) is 59.6 Å². The number of aliphatic hydroxyl groups is 1. The summed E-state index contributed by atoms with van der Waals surface area (Å²) >= 11 is 13.4. The highest BCUT2D eigenvalue weighted by molar-refractivity contribution is 7.91. The molecule has 63 heavy (non-hydrogen) atoms. The molecule has 0 amide bonds. The third-order valence-corrected chi connectivity index (χ3v) is 11.6. The number of nitriles is 1. The number of rotatable bonds is 23. The van der Waals surface area contributed by atoms with Crippen molar-refractivity contribution in [2.75, 3.05) is 25.7 Å². The lowest BCUT2D eigenvalue weighted by atomic mass is 9.92. The molecule has 0 radical (unpaired) electrons. The maximum absolute atomic E-state index is 12.0. The second kappa shape index (κ2) is 22.6. The van der Waals surface area contributed by atoms with Crippen LogP contribution >= 0.6 is 23.2 Å².